The van der Waals surface area contributed by atoms with Crippen molar-refractivity contribution >= 4 is 33.5 Å². The molecule has 0 N–H and O–H groups in total. The lowest BCUT2D eigenvalue weighted by molar-refractivity contribution is 0.402. The first-order chi connectivity index (χ1) is 12.1. The molecule has 2 aromatic rings. The van der Waals surface area contributed by atoms with Crippen LogP contribution in [0.15, 0.2) is 39.8 Å². The minimum Gasteiger partial charge on any atom is -0.496 e. The number of aryl methyl sites for hydroxylation is 1. The summed E-state index contributed by atoms with van der Waals surface area (Å²) in [6, 6.07) is 10.1. The quantitative estimate of drug-likeness (QED) is 0.650. The third kappa shape index (κ3) is 3.98. The fraction of sp³-hybridized carbons (Fsp3) is 0.350. The SMILES string of the molecule is COc1cc(N2CCCC2)c(OC)cc1C=Nc1ccc(Br)c(C)c1. The zero-order chi connectivity index (χ0) is 17.8. The molecule has 5 heteroatoms. The first-order valence-electron chi connectivity index (χ1n) is 8.43. The van der Waals surface area contributed by atoms with Gasteiger partial charge in [0.15, 0.2) is 0 Å². The average Bonchev–Trinajstić information content (AvgIpc) is 3.16. The van der Waals surface area contributed by atoms with E-state index in [0.717, 1.165) is 51.6 Å². The van der Waals surface area contributed by atoms with E-state index in [0.29, 0.717) is 0 Å². The molecule has 0 radical (unpaired) electrons. The molecular weight excluding hydrogens is 380 g/mol. The van der Waals surface area contributed by atoms with Gasteiger partial charge in [0.05, 0.1) is 25.6 Å². The number of nitrogens with zero attached hydrogens (tertiary/aromatic N) is 2. The van der Waals surface area contributed by atoms with Crippen LogP contribution in [0, 0.1) is 6.92 Å². The number of rotatable bonds is 5. The van der Waals surface area contributed by atoms with Crippen molar-refractivity contribution in [3.05, 3.63) is 45.9 Å². The molecule has 132 valence electrons. The molecule has 3 rings (SSSR count). The largest absolute Gasteiger partial charge is 0.496 e. The van der Waals surface area contributed by atoms with Crippen LogP contribution in [0.2, 0.25) is 0 Å². The van der Waals surface area contributed by atoms with Crippen molar-refractivity contribution in [1.82, 2.24) is 0 Å². The van der Waals surface area contributed by atoms with Crippen molar-refractivity contribution in [3.8, 4) is 11.5 Å². The Morgan fingerprint density at radius 1 is 1.04 bits per heavy atom. The minimum absolute atomic E-state index is 0.806. The second-order valence-corrected chi connectivity index (χ2v) is 7.01. The van der Waals surface area contributed by atoms with E-state index < -0.39 is 0 Å². The molecule has 0 aliphatic carbocycles. The summed E-state index contributed by atoms with van der Waals surface area (Å²) in [5, 5.41) is 0. The number of ether oxygens (including phenoxy) is 2. The summed E-state index contributed by atoms with van der Waals surface area (Å²) in [7, 11) is 3.40. The van der Waals surface area contributed by atoms with Gasteiger partial charge in [-0.3, -0.25) is 4.99 Å². The number of hydrogen-bond donors (Lipinski definition) is 0. The zero-order valence-electron chi connectivity index (χ0n) is 14.9. The fourth-order valence-electron chi connectivity index (χ4n) is 3.06. The van der Waals surface area contributed by atoms with Crippen molar-refractivity contribution in [1.29, 1.82) is 0 Å². The highest BCUT2D eigenvalue weighted by atomic mass is 79.9. The van der Waals surface area contributed by atoms with E-state index in [1.165, 1.54) is 12.8 Å². The topological polar surface area (TPSA) is 34.1 Å². The van der Waals surface area contributed by atoms with Crippen LogP contribution in [0.5, 0.6) is 11.5 Å². The Labute approximate surface area is 157 Å². The van der Waals surface area contributed by atoms with Crippen molar-refractivity contribution in [2.75, 3.05) is 32.2 Å². The third-order valence-corrected chi connectivity index (χ3v) is 5.36. The van der Waals surface area contributed by atoms with E-state index in [2.05, 4.69) is 38.8 Å². The third-order valence-electron chi connectivity index (χ3n) is 4.47. The Morgan fingerprint density at radius 2 is 1.76 bits per heavy atom. The van der Waals surface area contributed by atoms with Gasteiger partial charge >= 0.3 is 0 Å². The summed E-state index contributed by atoms with van der Waals surface area (Å²) in [5.74, 6) is 1.66. The number of benzene rings is 2. The molecule has 0 saturated carbocycles. The van der Waals surface area contributed by atoms with Gasteiger partial charge in [-0.05, 0) is 49.6 Å². The second-order valence-electron chi connectivity index (χ2n) is 6.15. The van der Waals surface area contributed by atoms with Gasteiger partial charge in [0.25, 0.3) is 0 Å². The average molecular weight is 403 g/mol. The van der Waals surface area contributed by atoms with Crippen LogP contribution < -0.4 is 14.4 Å². The van der Waals surface area contributed by atoms with Crippen molar-refractivity contribution < 1.29 is 9.47 Å². The molecule has 0 amide bonds. The Bertz CT molecular complexity index is 784. The fourth-order valence-corrected chi connectivity index (χ4v) is 3.31. The minimum atomic E-state index is 0.806. The highest BCUT2D eigenvalue weighted by molar-refractivity contribution is 9.10. The van der Waals surface area contributed by atoms with E-state index in [1.807, 2.05) is 30.5 Å². The summed E-state index contributed by atoms with van der Waals surface area (Å²) in [6.07, 6.45) is 4.27. The monoisotopic (exact) mass is 402 g/mol. The number of halogens is 1. The van der Waals surface area contributed by atoms with Gasteiger partial charge < -0.3 is 14.4 Å². The second kappa shape index (κ2) is 7.91. The predicted octanol–water partition coefficient (Wildman–Crippen LogP) is 5.13. The molecule has 1 fully saturated rings. The summed E-state index contributed by atoms with van der Waals surface area (Å²) in [4.78, 5) is 6.94. The maximum Gasteiger partial charge on any atom is 0.143 e. The van der Waals surface area contributed by atoms with Crippen molar-refractivity contribution in [3.63, 3.8) is 0 Å². The molecule has 0 bridgehead atoms. The molecule has 1 aliphatic heterocycles. The van der Waals surface area contributed by atoms with E-state index in [1.54, 1.807) is 14.2 Å². The van der Waals surface area contributed by atoms with Crippen LogP contribution in [0.3, 0.4) is 0 Å². The number of aliphatic imine (C=N–C) groups is 1. The summed E-state index contributed by atoms with van der Waals surface area (Å²) < 4.78 is 12.3. The Morgan fingerprint density at radius 3 is 2.40 bits per heavy atom. The standard InChI is InChI=1S/C20H23BrN2O2/c1-14-10-16(6-7-17(14)21)22-13-15-11-20(25-3)18(12-19(15)24-2)23-8-4-5-9-23/h6-7,10-13H,4-5,8-9H2,1-3H3. The first-order valence-corrected chi connectivity index (χ1v) is 9.23. The molecule has 1 aliphatic rings. The summed E-state index contributed by atoms with van der Waals surface area (Å²) >= 11 is 3.51. The van der Waals surface area contributed by atoms with Gasteiger partial charge in [0, 0.05) is 35.4 Å². The Hall–Kier alpha value is -2.01. The number of methoxy groups -OCH3 is 2. The zero-order valence-corrected chi connectivity index (χ0v) is 16.5. The summed E-state index contributed by atoms with van der Waals surface area (Å²) in [5.41, 5.74) is 4.06. The Kier molecular flexibility index (Phi) is 5.63. The number of hydrogen-bond acceptors (Lipinski definition) is 4. The normalized spacial score (nSPS) is 14.3. The van der Waals surface area contributed by atoms with Gasteiger partial charge in [-0.15, -0.1) is 0 Å². The van der Waals surface area contributed by atoms with Gasteiger partial charge in [-0.1, -0.05) is 15.9 Å². The highest BCUT2D eigenvalue weighted by Crippen LogP contribution is 2.36. The molecule has 2 aromatic carbocycles. The van der Waals surface area contributed by atoms with Crippen molar-refractivity contribution in [2.45, 2.75) is 19.8 Å². The number of anilines is 1. The predicted molar refractivity (Wildman–Crippen MR) is 107 cm³/mol. The van der Waals surface area contributed by atoms with E-state index in [4.69, 9.17) is 9.47 Å². The lowest BCUT2D eigenvalue weighted by Crippen LogP contribution is -2.18. The smallest absolute Gasteiger partial charge is 0.143 e. The Balaban J connectivity index is 1.94. The van der Waals surface area contributed by atoms with Crippen LogP contribution in [0.4, 0.5) is 11.4 Å². The molecule has 1 saturated heterocycles. The van der Waals surface area contributed by atoms with Gasteiger partial charge in [0.1, 0.15) is 11.5 Å². The molecule has 0 aromatic heterocycles. The molecule has 0 unspecified atom stereocenters. The molecule has 4 nitrogen and oxygen atoms in total. The molecule has 25 heavy (non-hydrogen) atoms. The van der Waals surface area contributed by atoms with E-state index in [9.17, 15) is 0 Å². The summed E-state index contributed by atoms with van der Waals surface area (Å²) in [6.45, 7) is 4.17. The van der Waals surface area contributed by atoms with Gasteiger partial charge in [-0.2, -0.15) is 0 Å². The first kappa shape index (κ1) is 17.8. The maximum atomic E-state index is 5.62. The van der Waals surface area contributed by atoms with E-state index in [-0.39, 0.29) is 0 Å². The highest BCUT2D eigenvalue weighted by Gasteiger charge is 2.19. The molecular formula is C20H23BrN2O2. The van der Waals surface area contributed by atoms with Gasteiger partial charge in [0.2, 0.25) is 0 Å². The van der Waals surface area contributed by atoms with Crippen LogP contribution >= 0.6 is 15.9 Å². The maximum absolute atomic E-state index is 5.62. The van der Waals surface area contributed by atoms with Crippen LogP contribution in [0.1, 0.15) is 24.0 Å². The van der Waals surface area contributed by atoms with Crippen LogP contribution in [0.25, 0.3) is 0 Å². The van der Waals surface area contributed by atoms with Crippen LogP contribution in [-0.2, 0) is 0 Å². The van der Waals surface area contributed by atoms with Gasteiger partial charge in [-0.25, -0.2) is 0 Å². The molecule has 0 atom stereocenters. The molecule has 0 spiro atoms. The van der Waals surface area contributed by atoms with Crippen LogP contribution in [-0.4, -0.2) is 33.5 Å². The van der Waals surface area contributed by atoms with Crippen molar-refractivity contribution in [2.24, 2.45) is 4.99 Å². The van der Waals surface area contributed by atoms with E-state index >= 15 is 0 Å². The lowest BCUT2D eigenvalue weighted by atomic mass is 10.1. The molecule has 1 heterocycles. The lowest BCUT2D eigenvalue weighted by Gasteiger charge is -2.22.